The van der Waals surface area contributed by atoms with Crippen LogP contribution in [0.2, 0.25) is 0 Å². The predicted octanol–water partition coefficient (Wildman–Crippen LogP) is 5.60. The summed E-state index contributed by atoms with van der Waals surface area (Å²) in [6.07, 6.45) is 5.45. The molecule has 0 aliphatic heterocycles. The maximum atomic E-state index is 11.7. The third-order valence-corrected chi connectivity index (χ3v) is 6.42. The highest BCUT2D eigenvalue weighted by molar-refractivity contribution is 5.92. The number of aromatic carboxylic acids is 1. The molecule has 4 rings (SSSR count). The average molecular weight is 476 g/mol. The smallest absolute Gasteiger partial charge is 0.339 e. The van der Waals surface area contributed by atoms with Gasteiger partial charge in [-0.25, -0.2) is 4.79 Å². The van der Waals surface area contributed by atoms with Gasteiger partial charge in [0.15, 0.2) is 0 Å². The minimum absolute atomic E-state index is 0.0733. The van der Waals surface area contributed by atoms with Crippen molar-refractivity contribution in [1.82, 2.24) is 5.32 Å². The SMILES string of the molecule is C[C@@](O)(NCCOc1ccc(-c2ccc(C(=O)O)c(OC3CCCCC3)c2)cc1)c1ccccc1. The number of nitrogens with one attached hydrogen (secondary N) is 1. The fraction of sp³-hybridized carbons (Fsp3) is 0.345. The molecule has 3 aromatic carbocycles. The lowest BCUT2D eigenvalue weighted by molar-refractivity contribution is 0.0169. The quantitative estimate of drug-likeness (QED) is 0.261. The first-order valence-corrected chi connectivity index (χ1v) is 12.2. The summed E-state index contributed by atoms with van der Waals surface area (Å²) >= 11 is 0. The fourth-order valence-corrected chi connectivity index (χ4v) is 4.41. The van der Waals surface area contributed by atoms with E-state index in [1.54, 1.807) is 13.0 Å². The molecular weight excluding hydrogens is 442 g/mol. The largest absolute Gasteiger partial charge is 0.492 e. The van der Waals surface area contributed by atoms with E-state index in [2.05, 4.69) is 5.32 Å². The van der Waals surface area contributed by atoms with Crippen molar-refractivity contribution in [3.8, 4) is 22.6 Å². The van der Waals surface area contributed by atoms with E-state index >= 15 is 0 Å². The molecule has 1 aliphatic carbocycles. The Labute approximate surface area is 206 Å². The van der Waals surface area contributed by atoms with E-state index in [4.69, 9.17) is 9.47 Å². The zero-order valence-electron chi connectivity index (χ0n) is 20.1. The highest BCUT2D eigenvalue weighted by Gasteiger charge is 2.21. The number of ether oxygens (including phenoxy) is 2. The van der Waals surface area contributed by atoms with Gasteiger partial charge in [-0.3, -0.25) is 5.32 Å². The van der Waals surface area contributed by atoms with Crippen LogP contribution in [0, 0.1) is 0 Å². The highest BCUT2D eigenvalue weighted by Crippen LogP contribution is 2.31. The van der Waals surface area contributed by atoms with Gasteiger partial charge in [0, 0.05) is 6.54 Å². The number of carboxylic acids is 1. The van der Waals surface area contributed by atoms with Gasteiger partial charge in [0.2, 0.25) is 0 Å². The van der Waals surface area contributed by atoms with E-state index in [0.29, 0.717) is 18.9 Å². The van der Waals surface area contributed by atoms with Crippen molar-refractivity contribution in [2.75, 3.05) is 13.2 Å². The third-order valence-electron chi connectivity index (χ3n) is 6.42. The first-order valence-electron chi connectivity index (χ1n) is 12.2. The molecule has 184 valence electrons. The zero-order valence-corrected chi connectivity index (χ0v) is 20.1. The van der Waals surface area contributed by atoms with Gasteiger partial charge < -0.3 is 19.7 Å². The van der Waals surface area contributed by atoms with Crippen LogP contribution in [0.25, 0.3) is 11.1 Å². The molecule has 0 heterocycles. The van der Waals surface area contributed by atoms with Crippen LogP contribution >= 0.6 is 0 Å². The summed E-state index contributed by atoms with van der Waals surface area (Å²) in [4.78, 5) is 11.7. The number of carbonyl (C=O) groups is 1. The van der Waals surface area contributed by atoms with E-state index in [0.717, 1.165) is 48.1 Å². The molecule has 1 fully saturated rings. The summed E-state index contributed by atoms with van der Waals surface area (Å²) in [5, 5.41) is 23.3. The van der Waals surface area contributed by atoms with Crippen molar-refractivity contribution in [3.05, 3.63) is 83.9 Å². The molecule has 0 spiro atoms. The Morgan fingerprint density at radius 1 is 0.971 bits per heavy atom. The van der Waals surface area contributed by atoms with Gasteiger partial charge in [-0.2, -0.15) is 0 Å². The van der Waals surface area contributed by atoms with E-state index in [9.17, 15) is 15.0 Å². The molecule has 6 heteroatoms. The molecule has 35 heavy (non-hydrogen) atoms. The summed E-state index contributed by atoms with van der Waals surface area (Å²) in [6.45, 7) is 2.59. The van der Waals surface area contributed by atoms with E-state index in [1.165, 1.54) is 6.42 Å². The topological polar surface area (TPSA) is 88.0 Å². The molecule has 1 saturated carbocycles. The van der Waals surface area contributed by atoms with Crippen LogP contribution in [0.3, 0.4) is 0 Å². The van der Waals surface area contributed by atoms with Crippen molar-refractivity contribution < 1.29 is 24.5 Å². The normalized spacial score (nSPS) is 15.8. The lowest BCUT2D eigenvalue weighted by Crippen LogP contribution is -2.41. The Morgan fingerprint density at radius 3 is 2.34 bits per heavy atom. The van der Waals surface area contributed by atoms with E-state index in [-0.39, 0.29) is 11.7 Å². The number of rotatable bonds is 10. The number of aliphatic hydroxyl groups is 1. The van der Waals surface area contributed by atoms with Crippen LogP contribution in [0.5, 0.6) is 11.5 Å². The highest BCUT2D eigenvalue weighted by atomic mass is 16.5. The van der Waals surface area contributed by atoms with Crippen molar-refractivity contribution in [2.45, 2.75) is 50.9 Å². The molecule has 3 aromatic rings. The summed E-state index contributed by atoms with van der Waals surface area (Å²) < 4.78 is 12.0. The van der Waals surface area contributed by atoms with Crippen LogP contribution < -0.4 is 14.8 Å². The van der Waals surface area contributed by atoms with Crippen molar-refractivity contribution in [1.29, 1.82) is 0 Å². The molecular formula is C29H33NO5. The minimum atomic E-state index is -1.13. The maximum absolute atomic E-state index is 11.7. The van der Waals surface area contributed by atoms with E-state index < -0.39 is 11.7 Å². The van der Waals surface area contributed by atoms with Crippen molar-refractivity contribution >= 4 is 5.97 Å². The molecule has 6 nitrogen and oxygen atoms in total. The summed E-state index contributed by atoms with van der Waals surface area (Å²) in [7, 11) is 0. The first-order chi connectivity index (χ1) is 16.9. The Kier molecular flexibility index (Phi) is 8.06. The van der Waals surface area contributed by atoms with Crippen LogP contribution in [0.1, 0.15) is 54.9 Å². The molecule has 0 amide bonds. The molecule has 3 N–H and O–H groups in total. The number of benzene rings is 3. The fourth-order valence-electron chi connectivity index (χ4n) is 4.41. The Balaban J connectivity index is 1.36. The molecule has 1 aliphatic rings. The molecule has 0 unspecified atom stereocenters. The van der Waals surface area contributed by atoms with Gasteiger partial charge in [-0.1, -0.05) is 55.0 Å². The van der Waals surface area contributed by atoms with Crippen LogP contribution in [-0.4, -0.2) is 35.4 Å². The number of hydrogen-bond acceptors (Lipinski definition) is 5. The Hall–Kier alpha value is -3.35. The van der Waals surface area contributed by atoms with Crippen molar-refractivity contribution in [3.63, 3.8) is 0 Å². The van der Waals surface area contributed by atoms with Gasteiger partial charge in [-0.05, 0) is 73.6 Å². The molecule has 0 bridgehead atoms. The minimum Gasteiger partial charge on any atom is -0.492 e. The Bertz CT molecular complexity index is 1110. The lowest BCUT2D eigenvalue weighted by Gasteiger charge is -2.25. The number of carboxylic acid groups (broad SMARTS) is 1. The zero-order chi connectivity index (χ0) is 24.7. The maximum Gasteiger partial charge on any atom is 0.339 e. The van der Waals surface area contributed by atoms with Crippen molar-refractivity contribution in [2.24, 2.45) is 0 Å². The molecule has 0 radical (unpaired) electrons. The summed E-state index contributed by atoms with van der Waals surface area (Å²) in [5.74, 6) is 0.167. The van der Waals surface area contributed by atoms with Crippen LogP contribution in [0.4, 0.5) is 0 Å². The second-order valence-electron chi connectivity index (χ2n) is 9.13. The third kappa shape index (κ3) is 6.62. The second kappa shape index (κ2) is 11.4. The monoisotopic (exact) mass is 475 g/mol. The van der Waals surface area contributed by atoms with Gasteiger partial charge in [0.25, 0.3) is 0 Å². The summed E-state index contributed by atoms with van der Waals surface area (Å²) in [6, 6.07) is 22.4. The first kappa shape index (κ1) is 24.8. The Morgan fingerprint density at radius 2 is 1.66 bits per heavy atom. The second-order valence-corrected chi connectivity index (χ2v) is 9.13. The van der Waals surface area contributed by atoms with Gasteiger partial charge in [0.05, 0.1) is 6.10 Å². The average Bonchev–Trinajstić information content (AvgIpc) is 2.88. The van der Waals surface area contributed by atoms with Gasteiger partial charge in [0.1, 0.15) is 29.4 Å². The van der Waals surface area contributed by atoms with Crippen LogP contribution in [0.15, 0.2) is 72.8 Å². The summed E-state index contributed by atoms with van der Waals surface area (Å²) in [5.41, 5.74) is 1.71. The van der Waals surface area contributed by atoms with Gasteiger partial charge >= 0.3 is 5.97 Å². The standard InChI is InChI=1S/C29H33NO5/c1-29(33,23-8-4-2-5-9-23)30-18-19-34-24-15-12-21(13-16-24)22-14-17-26(28(31)32)27(20-22)35-25-10-6-3-7-11-25/h2,4-5,8-9,12-17,20,25,30,33H,3,6-7,10-11,18-19H2,1H3,(H,31,32)/t29-/m0/s1. The lowest BCUT2D eigenvalue weighted by atomic mass is 9.97. The van der Waals surface area contributed by atoms with E-state index in [1.807, 2.05) is 66.7 Å². The van der Waals surface area contributed by atoms with Crippen LogP contribution in [-0.2, 0) is 5.72 Å². The predicted molar refractivity (Wildman–Crippen MR) is 136 cm³/mol. The number of hydrogen-bond donors (Lipinski definition) is 3. The molecule has 0 saturated heterocycles. The van der Waals surface area contributed by atoms with Gasteiger partial charge in [-0.15, -0.1) is 0 Å². The molecule has 1 atom stereocenters. The molecule has 0 aromatic heterocycles.